The first-order chi connectivity index (χ1) is 9.36. The Morgan fingerprint density at radius 1 is 1.40 bits per heavy atom. The number of carbonyl (C=O) groups is 1. The molecule has 1 aliphatic rings. The molecule has 0 saturated heterocycles. The number of aromatic nitrogens is 2. The maximum atomic E-state index is 12.7. The molecule has 0 bridgehead atoms. The van der Waals surface area contributed by atoms with Gasteiger partial charge in [-0.1, -0.05) is 0 Å². The molecular weight excluding hydrogens is 271 g/mol. The Labute approximate surface area is 115 Å². The fourth-order valence-electron chi connectivity index (χ4n) is 2.21. The van der Waals surface area contributed by atoms with Crippen LogP contribution in [0.3, 0.4) is 0 Å². The van der Waals surface area contributed by atoms with Gasteiger partial charge in [-0.3, -0.25) is 9.48 Å². The van der Waals surface area contributed by atoms with Crippen LogP contribution < -0.4 is 0 Å². The molecule has 0 unspecified atom stereocenters. The largest absolute Gasteiger partial charge is 0.435 e. The highest BCUT2D eigenvalue weighted by molar-refractivity contribution is 5.75. The second kappa shape index (κ2) is 5.46. The molecule has 1 aromatic heterocycles. The van der Waals surface area contributed by atoms with Gasteiger partial charge in [0.15, 0.2) is 5.69 Å². The summed E-state index contributed by atoms with van der Waals surface area (Å²) in [5.41, 5.74) is -0.385. The van der Waals surface area contributed by atoms with Crippen LogP contribution in [0.2, 0.25) is 0 Å². The average molecular weight is 289 g/mol. The van der Waals surface area contributed by atoms with E-state index in [2.05, 4.69) is 5.10 Å². The molecule has 0 aliphatic heterocycles. The van der Waals surface area contributed by atoms with E-state index in [1.165, 1.54) is 4.68 Å². The van der Waals surface area contributed by atoms with E-state index in [1.807, 2.05) is 13.8 Å². The zero-order valence-corrected chi connectivity index (χ0v) is 11.6. The van der Waals surface area contributed by atoms with Crippen molar-refractivity contribution in [3.8, 4) is 0 Å². The average Bonchev–Trinajstić information content (AvgIpc) is 3.11. The number of amides is 1. The molecule has 1 aromatic rings. The van der Waals surface area contributed by atoms with E-state index in [0.717, 1.165) is 18.9 Å². The fraction of sp³-hybridized carbons (Fsp3) is 0.692. The van der Waals surface area contributed by atoms with Crippen LogP contribution in [-0.4, -0.2) is 33.7 Å². The number of hydrogen-bond acceptors (Lipinski definition) is 2. The highest BCUT2D eigenvalue weighted by Crippen LogP contribution is 2.42. The molecule has 1 aliphatic carbocycles. The lowest BCUT2D eigenvalue weighted by molar-refractivity contribution is -0.142. The van der Waals surface area contributed by atoms with Gasteiger partial charge in [0.1, 0.15) is 6.54 Å². The Morgan fingerprint density at radius 3 is 2.45 bits per heavy atom. The summed E-state index contributed by atoms with van der Waals surface area (Å²) in [6.45, 7) is 4.65. The van der Waals surface area contributed by atoms with Crippen LogP contribution >= 0.6 is 0 Å². The maximum absolute atomic E-state index is 12.7. The SMILES string of the molecule is CCN(CC)C(=O)Cn1nc(C(F)(F)F)cc1C1CC1. The molecule has 0 radical (unpaired) electrons. The number of hydrogen-bond donors (Lipinski definition) is 0. The van der Waals surface area contributed by atoms with Gasteiger partial charge >= 0.3 is 6.18 Å². The number of likely N-dealkylation sites (N-methyl/N-ethyl adjacent to an activating group) is 1. The molecule has 112 valence electrons. The van der Waals surface area contributed by atoms with Crippen molar-refractivity contribution in [2.75, 3.05) is 13.1 Å². The summed E-state index contributed by atoms with van der Waals surface area (Å²) in [4.78, 5) is 13.6. The van der Waals surface area contributed by atoms with E-state index in [4.69, 9.17) is 0 Å². The quantitative estimate of drug-likeness (QED) is 0.836. The lowest BCUT2D eigenvalue weighted by atomic mass is 10.2. The van der Waals surface area contributed by atoms with Gasteiger partial charge in [0.2, 0.25) is 5.91 Å². The first-order valence-corrected chi connectivity index (χ1v) is 6.79. The molecule has 2 rings (SSSR count). The van der Waals surface area contributed by atoms with Gasteiger partial charge < -0.3 is 4.90 Å². The number of nitrogens with zero attached hydrogens (tertiary/aromatic N) is 3. The number of alkyl halides is 3. The van der Waals surface area contributed by atoms with Gasteiger partial charge in [0.25, 0.3) is 0 Å². The third kappa shape index (κ3) is 3.13. The van der Waals surface area contributed by atoms with E-state index in [-0.39, 0.29) is 18.4 Å². The van der Waals surface area contributed by atoms with Crippen molar-refractivity contribution in [2.24, 2.45) is 0 Å². The Kier molecular flexibility index (Phi) is 4.06. The van der Waals surface area contributed by atoms with Crippen molar-refractivity contribution in [1.29, 1.82) is 0 Å². The lowest BCUT2D eigenvalue weighted by Gasteiger charge is -2.19. The van der Waals surface area contributed by atoms with Crippen molar-refractivity contribution >= 4 is 5.91 Å². The minimum Gasteiger partial charge on any atom is -0.342 e. The number of rotatable bonds is 5. The summed E-state index contributed by atoms with van der Waals surface area (Å²) >= 11 is 0. The standard InChI is InChI=1S/C13H18F3N3O/c1-3-18(4-2)12(20)8-19-10(9-5-6-9)7-11(17-19)13(14,15)16/h7,9H,3-6,8H2,1-2H3. The molecule has 7 heteroatoms. The summed E-state index contributed by atoms with van der Waals surface area (Å²) in [7, 11) is 0. The zero-order valence-electron chi connectivity index (χ0n) is 11.6. The van der Waals surface area contributed by atoms with Gasteiger partial charge in [0.05, 0.1) is 0 Å². The van der Waals surface area contributed by atoms with Crippen molar-refractivity contribution in [2.45, 2.75) is 45.3 Å². The van der Waals surface area contributed by atoms with Crippen LogP contribution in [0.1, 0.15) is 44.0 Å². The predicted molar refractivity (Wildman–Crippen MR) is 67.1 cm³/mol. The van der Waals surface area contributed by atoms with Crippen LogP contribution in [0.4, 0.5) is 13.2 Å². The molecule has 0 N–H and O–H groups in total. The molecule has 4 nitrogen and oxygen atoms in total. The van der Waals surface area contributed by atoms with Gasteiger partial charge in [-0.2, -0.15) is 18.3 Å². The molecule has 1 amide bonds. The first kappa shape index (κ1) is 14.9. The third-order valence-electron chi connectivity index (χ3n) is 3.50. The minimum absolute atomic E-state index is 0.114. The Bertz CT molecular complexity index is 488. The van der Waals surface area contributed by atoms with Crippen molar-refractivity contribution in [1.82, 2.24) is 14.7 Å². The van der Waals surface area contributed by atoms with E-state index < -0.39 is 11.9 Å². The highest BCUT2D eigenvalue weighted by Gasteiger charge is 2.38. The van der Waals surface area contributed by atoms with E-state index in [9.17, 15) is 18.0 Å². The van der Waals surface area contributed by atoms with Crippen LogP contribution in [0, 0.1) is 0 Å². The second-order valence-corrected chi connectivity index (χ2v) is 4.95. The fourth-order valence-corrected chi connectivity index (χ4v) is 2.21. The molecular formula is C13H18F3N3O. The topological polar surface area (TPSA) is 38.1 Å². The van der Waals surface area contributed by atoms with Crippen LogP contribution in [0.15, 0.2) is 6.07 Å². The summed E-state index contributed by atoms with van der Waals surface area (Å²) in [6, 6.07) is 1.08. The maximum Gasteiger partial charge on any atom is 0.435 e. The molecule has 1 heterocycles. The molecule has 0 atom stereocenters. The third-order valence-corrected chi connectivity index (χ3v) is 3.50. The van der Waals surface area contributed by atoms with Crippen molar-refractivity contribution < 1.29 is 18.0 Å². The molecule has 0 aromatic carbocycles. The molecule has 20 heavy (non-hydrogen) atoms. The normalized spacial score (nSPS) is 15.4. The van der Waals surface area contributed by atoms with Crippen LogP contribution in [-0.2, 0) is 17.5 Å². The summed E-state index contributed by atoms with van der Waals surface area (Å²) in [6.07, 6.45) is -2.74. The predicted octanol–water partition coefficient (Wildman–Crippen LogP) is 2.65. The summed E-state index contributed by atoms with van der Waals surface area (Å²) in [5.74, 6) is -0.0863. The number of halogens is 3. The van der Waals surface area contributed by atoms with Crippen molar-refractivity contribution in [3.63, 3.8) is 0 Å². The highest BCUT2D eigenvalue weighted by atomic mass is 19.4. The molecule has 1 fully saturated rings. The van der Waals surface area contributed by atoms with E-state index in [0.29, 0.717) is 18.8 Å². The van der Waals surface area contributed by atoms with Gasteiger partial charge in [-0.15, -0.1) is 0 Å². The number of carbonyl (C=O) groups excluding carboxylic acids is 1. The zero-order chi connectivity index (χ0) is 14.9. The summed E-state index contributed by atoms with van der Waals surface area (Å²) in [5, 5.41) is 3.58. The van der Waals surface area contributed by atoms with Crippen LogP contribution in [0.5, 0.6) is 0 Å². The smallest absolute Gasteiger partial charge is 0.342 e. The first-order valence-electron chi connectivity index (χ1n) is 6.79. The Morgan fingerprint density at radius 2 is 2.00 bits per heavy atom. The lowest BCUT2D eigenvalue weighted by Crippen LogP contribution is -2.34. The van der Waals surface area contributed by atoms with Gasteiger partial charge in [-0.25, -0.2) is 0 Å². The Balaban J connectivity index is 2.22. The Hall–Kier alpha value is -1.53. The van der Waals surface area contributed by atoms with Crippen molar-refractivity contribution in [3.05, 3.63) is 17.5 Å². The summed E-state index contributed by atoms with van der Waals surface area (Å²) < 4.78 is 39.4. The second-order valence-electron chi connectivity index (χ2n) is 4.95. The molecule has 0 spiro atoms. The van der Waals surface area contributed by atoms with Gasteiger partial charge in [0, 0.05) is 24.7 Å². The van der Waals surface area contributed by atoms with E-state index >= 15 is 0 Å². The molecule has 1 saturated carbocycles. The van der Waals surface area contributed by atoms with Gasteiger partial charge in [-0.05, 0) is 32.8 Å². The van der Waals surface area contributed by atoms with Crippen LogP contribution in [0.25, 0.3) is 0 Å². The monoisotopic (exact) mass is 289 g/mol. The minimum atomic E-state index is -4.47. The van der Waals surface area contributed by atoms with E-state index in [1.54, 1.807) is 4.90 Å².